The van der Waals surface area contributed by atoms with Gasteiger partial charge >= 0.3 is 6.18 Å². The fourth-order valence-electron chi connectivity index (χ4n) is 3.16. The van der Waals surface area contributed by atoms with Crippen LogP contribution in [-0.4, -0.2) is 49.2 Å². The Bertz CT molecular complexity index is 1160. The Balaban J connectivity index is 0.000000856. The molecule has 0 unspecified atom stereocenters. The van der Waals surface area contributed by atoms with Crippen molar-refractivity contribution >= 4 is 11.7 Å². The summed E-state index contributed by atoms with van der Waals surface area (Å²) < 4.78 is 49.2. The number of aliphatic imine (C=N–C) groups is 1. The molecule has 0 saturated heterocycles. The highest BCUT2D eigenvalue weighted by atomic mass is 19.4. The van der Waals surface area contributed by atoms with Crippen LogP contribution in [0.15, 0.2) is 40.3 Å². The molecular formula is C26H33F3N2O6. The fourth-order valence-corrected chi connectivity index (χ4v) is 3.16. The minimum absolute atomic E-state index is 0.00208. The number of carbonyl (C=O) groups is 1. The normalized spacial score (nSPS) is 11.3. The number of aromatic hydroxyl groups is 1. The Morgan fingerprint density at radius 2 is 1.68 bits per heavy atom. The lowest BCUT2D eigenvalue weighted by molar-refractivity contribution is -0.168. The van der Waals surface area contributed by atoms with Crippen LogP contribution in [0, 0.1) is 0 Å². The zero-order valence-corrected chi connectivity index (χ0v) is 21.8. The number of rotatable bonds is 9. The summed E-state index contributed by atoms with van der Waals surface area (Å²) in [4.78, 5) is 29.2. The first kappa shape index (κ1) is 31.3. The summed E-state index contributed by atoms with van der Waals surface area (Å²) in [6.07, 6.45) is -1.78. The number of unbranched alkanes of at least 4 members (excludes halogenated alkanes) is 1. The van der Waals surface area contributed by atoms with Crippen molar-refractivity contribution in [3.8, 4) is 28.4 Å². The Hall–Kier alpha value is -3.76. The van der Waals surface area contributed by atoms with E-state index in [9.17, 15) is 27.9 Å². The molecule has 0 amide bonds. The number of pyridine rings is 1. The number of halogens is 3. The van der Waals surface area contributed by atoms with E-state index in [2.05, 4.69) is 23.5 Å². The van der Waals surface area contributed by atoms with Crippen molar-refractivity contribution in [1.29, 1.82) is 0 Å². The number of allylic oxidation sites excluding steroid dienone is 1. The van der Waals surface area contributed by atoms with Gasteiger partial charge in [-0.1, -0.05) is 32.9 Å². The van der Waals surface area contributed by atoms with Gasteiger partial charge in [-0.05, 0) is 25.0 Å². The van der Waals surface area contributed by atoms with Crippen LogP contribution in [0.4, 0.5) is 13.2 Å². The van der Waals surface area contributed by atoms with Gasteiger partial charge in [0, 0.05) is 26.1 Å². The standard InChI is InChI=1S/C23H30N2O5.C3H3F3O/c1-7-9-11-15-18(19-16(28-5)12-10-13-17(19)29-6)21(26)20(22(27)25-15)23(24-4)30-14(3)8-2;1-2(7)3(4,5)6/h10,12-13H,3,7-9,11H2,1-2,4-6H3,(H2,25,26,27);1H3. The summed E-state index contributed by atoms with van der Waals surface area (Å²) in [6.45, 7) is 8.22. The molecule has 0 bridgehead atoms. The van der Waals surface area contributed by atoms with Gasteiger partial charge in [0.15, 0.2) is 0 Å². The van der Waals surface area contributed by atoms with E-state index in [0.29, 0.717) is 53.8 Å². The van der Waals surface area contributed by atoms with Gasteiger partial charge in [0.1, 0.15) is 22.8 Å². The summed E-state index contributed by atoms with van der Waals surface area (Å²) in [6, 6.07) is 5.34. The first-order chi connectivity index (χ1) is 17.4. The average Bonchev–Trinajstić information content (AvgIpc) is 2.85. The highest BCUT2D eigenvalue weighted by Crippen LogP contribution is 2.44. The van der Waals surface area contributed by atoms with Crippen LogP contribution in [0.2, 0.25) is 0 Å². The Morgan fingerprint density at radius 1 is 1.14 bits per heavy atom. The number of methoxy groups -OCH3 is 2. The van der Waals surface area contributed by atoms with Gasteiger partial charge in [0.25, 0.3) is 5.56 Å². The van der Waals surface area contributed by atoms with Crippen LogP contribution in [0.3, 0.4) is 0 Å². The van der Waals surface area contributed by atoms with Crippen LogP contribution in [0.1, 0.15) is 51.3 Å². The van der Waals surface area contributed by atoms with E-state index >= 15 is 0 Å². The summed E-state index contributed by atoms with van der Waals surface area (Å²) in [5.41, 5.74) is 1.03. The SMILES string of the molecule is C=C(CC)OC(=NC)c1c(O)c(-c2c(OC)cccc2OC)c(CCCC)[nH]c1=O.CC(=O)C(F)(F)F. The number of Topliss-reactive ketones (excluding diaryl/α,β-unsaturated/α-hetero) is 1. The average molecular weight is 527 g/mol. The summed E-state index contributed by atoms with van der Waals surface area (Å²) in [5, 5.41) is 11.3. The molecule has 2 N–H and O–H groups in total. The molecule has 0 fully saturated rings. The quantitative estimate of drug-likeness (QED) is 0.251. The van der Waals surface area contributed by atoms with Gasteiger partial charge in [-0.2, -0.15) is 13.2 Å². The lowest BCUT2D eigenvalue weighted by atomic mass is 9.95. The van der Waals surface area contributed by atoms with E-state index in [1.165, 1.54) is 7.05 Å². The third-order valence-corrected chi connectivity index (χ3v) is 5.18. The molecule has 0 aliphatic rings. The Morgan fingerprint density at radius 3 is 2.08 bits per heavy atom. The maximum atomic E-state index is 12.9. The Labute approximate surface area is 213 Å². The second-order valence-corrected chi connectivity index (χ2v) is 7.75. The van der Waals surface area contributed by atoms with E-state index in [4.69, 9.17) is 14.2 Å². The third kappa shape index (κ3) is 8.12. The number of benzene rings is 1. The molecule has 11 heteroatoms. The number of aromatic amines is 1. The molecule has 1 aromatic carbocycles. The Kier molecular flexibility index (Phi) is 11.9. The zero-order valence-electron chi connectivity index (χ0n) is 21.8. The largest absolute Gasteiger partial charge is 0.506 e. The molecule has 0 aliphatic carbocycles. The number of nitrogens with one attached hydrogen (secondary N) is 1. The number of alkyl halides is 3. The van der Waals surface area contributed by atoms with E-state index in [0.717, 1.165) is 12.8 Å². The molecule has 0 saturated carbocycles. The van der Waals surface area contributed by atoms with E-state index in [-0.39, 0.29) is 17.2 Å². The van der Waals surface area contributed by atoms with Crippen LogP contribution in [0.5, 0.6) is 17.2 Å². The van der Waals surface area contributed by atoms with Gasteiger partial charge in [-0.3, -0.25) is 14.6 Å². The molecular weight excluding hydrogens is 493 g/mol. The molecule has 37 heavy (non-hydrogen) atoms. The van der Waals surface area contributed by atoms with Crippen molar-refractivity contribution in [3.05, 3.63) is 52.1 Å². The second kappa shape index (κ2) is 14.1. The van der Waals surface area contributed by atoms with Crippen molar-refractivity contribution < 1.29 is 37.3 Å². The maximum absolute atomic E-state index is 12.9. The van der Waals surface area contributed by atoms with Crippen molar-refractivity contribution in [2.24, 2.45) is 4.99 Å². The predicted molar refractivity (Wildman–Crippen MR) is 136 cm³/mol. The number of aryl methyl sites for hydroxylation is 1. The monoisotopic (exact) mass is 526 g/mol. The van der Waals surface area contributed by atoms with Crippen molar-refractivity contribution in [1.82, 2.24) is 4.98 Å². The summed E-state index contributed by atoms with van der Waals surface area (Å²) in [5.74, 6) is -0.549. The van der Waals surface area contributed by atoms with Gasteiger partial charge in [-0.25, -0.2) is 0 Å². The number of aromatic nitrogens is 1. The van der Waals surface area contributed by atoms with Gasteiger partial charge in [0.2, 0.25) is 11.7 Å². The first-order valence-corrected chi connectivity index (χ1v) is 11.5. The van der Waals surface area contributed by atoms with Crippen LogP contribution in [0.25, 0.3) is 11.1 Å². The fraction of sp³-hybridized carbons (Fsp3) is 0.423. The lowest BCUT2D eigenvalue weighted by Crippen LogP contribution is -2.23. The number of H-pyrrole nitrogens is 1. The smallest absolute Gasteiger partial charge is 0.449 e. The van der Waals surface area contributed by atoms with E-state index in [1.54, 1.807) is 32.4 Å². The van der Waals surface area contributed by atoms with E-state index in [1.807, 2.05) is 6.92 Å². The minimum Gasteiger partial charge on any atom is -0.506 e. The van der Waals surface area contributed by atoms with Gasteiger partial charge < -0.3 is 24.3 Å². The zero-order chi connectivity index (χ0) is 28.3. The van der Waals surface area contributed by atoms with Gasteiger partial charge in [0.05, 0.1) is 31.1 Å². The van der Waals surface area contributed by atoms with E-state index < -0.39 is 17.5 Å². The van der Waals surface area contributed by atoms with Crippen molar-refractivity contribution in [2.45, 2.75) is 52.6 Å². The predicted octanol–water partition coefficient (Wildman–Crippen LogP) is 5.56. The highest BCUT2D eigenvalue weighted by Gasteiger charge is 2.33. The number of carbonyl (C=O) groups excluding carboxylic acids is 1. The molecule has 1 heterocycles. The summed E-state index contributed by atoms with van der Waals surface area (Å²) in [7, 11) is 4.58. The minimum atomic E-state index is -4.64. The first-order valence-electron chi connectivity index (χ1n) is 11.5. The van der Waals surface area contributed by atoms with Gasteiger partial charge in [-0.15, -0.1) is 0 Å². The molecule has 2 aromatic rings. The molecule has 0 atom stereocenters. The number of nitrogens with zero attached hydrogens (tertiary/aromatic N) is 1. The maximum Gasteiger partial charge on any atom is 0.449 e. The van der Waals surface area contributed by atoms with Crippen LogP contribution >= 0.6 is 0 Å². The second-order valence-electron chi connectivity index (χ2n) is 7.75. The molecule has 1 aromatic heterocycles. The van der Waals surface area contributed by atoms with Crippen molar-refractivity contribution in [3.63, 3.8) is 0 Å². The molecule has 2 rings (SSSR count). The molecule has 0 spiro atoms. The number of ketones is 1. The topological polar surface area (TPSA) is 110 Å². The van der Waals surface area contributed by atoms with Crippen molar-refractivity contribution in [2.75, 3.05) is 21.3 Å². The third-order valence-electron chi connectivity index (χ3n) is 5.18. The summed E-state index contributed by atoms with van der Waals surface area (Å²) >= 11 is 0. The van der Waals surface area contributed by atoms with Crippen LogP contribution < -0.4 is 15.0 Å². The lowest BCUT2D eigenvalue weighted by Gasteiger charge is -2.19. The number of ether oxygens (including phenoxy) is 3. The molecule has 0 aliphatic heterocycles. The molecule has 0 radical (unpaired) electrons. The number of hydrogen-bond donors (Lipinski definition) is 2. The number of hydrogen-bond acceptors (Lipinski definition) is 7. The highest BCUT2D eigenvalue weighted by molar-refractivity contribution is 6.00. The molecule has 204 valence electrons. The van der Waals surface area contributed by atoms with Crippen LogP contribution in [-0.2, 0) is 16.0 Å². The molecule has 8 nitrogen and oxygen atoms in total.